The Kier molecular flexibility index (Phi) is 6.24. The molecule has 0 aliphatic heterocycles. The van der Waals surface area contributed by atoms with E-state index in [0.717, 1.165) is 18.4 Å². The molecular formula is C20H26N4O3. The zero-order valence-corrected chi connectivity index (χ0v) is 15.8. The molecule has 7 nitrogen and oxygen atoms in total. The monoisotopic (exact) mass is 370 g/mol. The first-order valence-corrected chi connectivity index (χ1v) is 9.31. The average Bonchev–Trinajstić information content (AvgIpc) is 3.05. The predicted molar refractivity (Wildman–Crippen MR) is 103 cm³/mol. The molecule has 1 saturated carbocycles. The van der Waals surface area contributed by atoms with Crippen molar-refractivity contribution in [1.82, 2.24) is 9.78 Å². The highest BCUT2D eigenvalue weighted by Crippen LogP contribution is 2.26. The van der Waals surface area contributed by atoms with Gasteiger partial charge in [-0.3, -0.25) is 14.3 Å². The summed E-state index contributed by atoms with van der Waals surface area (Å²) in [4.78, 5) is 24.1. The first-order chi connectivity index (χ1) is 13.0. The van der Waals surface area contributed by atoms with Crippen molar-refractivity contribution in [2.24, 2.45) is 13.0 Å². The van der Waals surface area contributed by atoms with Crippen LogP contribution in [0, 0.1) is 5.92 Å². The number of nitrogens with one attached hydrogen (secondary N) is 2. The topological polar surface area (TPSA) is 85.2 Å². The van der Waals surface area contributed by atoms with Gasteiger partial charge in [-0.2, -0.15) is 5.10 Å². The average molecular weight is 370 g/mol. The van der Waals surface area contributed by atoms with Gasteiger partial charge >= 0.3 is 11.8 Å². The zero-order valence-electron chi connectivity index (χ0n) is 15.8. The Hall–Kier alpha value is -2.67. The van der Waals surface area contributed by atoms with E-state index in [0.29, 0.717) is 30.0 Å². The molecule has 7 heteroatoms. The highest BCUT2D eigenvalue weighted by Gasteiger charge is 2.19. The molecule has 1 heterocycles. The number of benzene rings is 1. The highest BCUT2D eigenvalue weighted by molar-refractivity contribution is 6.43. The lowest BCUT2D eigenvalue weighted by atomic mass is 9.89. The van der Waals surface area contributed by atoms with E-state index in [1.54, 1.807) is 24.0 Å². The van der Waals surface area contributed by atoms with Crippen molar-refractivity contribution in [2.45, 2.75) is 45.3 Å². The zero-order chi connectivity index (χ0) is 19.2. The van der Waals surface area contributed by atoms with Crippen molar-refractivity contribution in [2.75, 3.05) is 10.6 Å². The third-order valence-electron chi connectivity index (χ3n) is 4.73. The quantitative estimate of drug-likeness (QED) is 0.792. The number of nitrogens with zero attached hydrogens (tertiary/aromatic N) is 2. The van der Waals surface area contributed by atoms with Crippen LogP contribution in [0.25, 0.3) is 0 Å². The minimum atomic E-state index is -0.735. The van der Waals surface area contributed by atoms with E-state index in [-0.39, 0.29) is 0 Å². The first-order valence-electron chi connectivity index (χ1n) is 9.31. The highest BCUT2D eigenvalue weighted by atomic mass is 16.5. The van der Waals surface area contributed by atoms with Gasteiger partial charge in [0.2, 0.25) is 0 Å². The third-order valence-corrected chi connectivity index (χ3v) is 4.73. The number of amides is 2. The van der Waals surface area contributed by atoms with Gasteiger partial charge in [-0.1, -0.05) is 31.9 Å². The maximum absolute atomic E-state index is 12.1. The maximum atomic E-state index is 12.1. The molecule has 1 aromatic heterocycles. The fourth-order valence-electron chi connectivity index (χ4n) is 3.34. The molecule has 2 N–H and O–H groups in total. The van der Waals surface area contributed by atoms with E-state index in [2.05, 4.69) is 22.7 Å². The van der Waals surface area contributed by atoms with Gasteiger partial charge in [0.15, 0.2) is 0 Å². The number of ether oxygens (including phenoxy) is 1. The first kappa shape index (κ1) is 19.1. The lowest BCUT2D eigenvalue weighted by Crippen LogP contribution is -2.29. The van der Waals surface area contributed by atoms with Crippen LogP contribution in [0.4, 0.5) is 11.4 Å². The number of hydrogen-bond donors (Lipinski definition) is 2. The fourth-order valence-corrected chi connectivity index (χ4v) is 3.34. The van der Waals surface area contributed by atoms with E-state index < -0.39 is 11.8 Å². The third kappa shape index (κ3) is 5.65. The Morgan fingerprint density at radius 1 is 1.22 bits per heavy atom. The van der Waals surface area contributed by atoms with E-state index in [1.165, 1.54) is 19.0 Å². The van der Waals surface area contributed by atoms with E-state index >= 15 is 0 Å². The maximum Gasteiger partial charge on any atom is 0.314 e. The largest absolute Gasteiger partial charge is 0.374 e. The molecule has 1 aliphatic rings. The molecule has 3 rings (SSSR count). The van der Waals surface area contributed by atoms with Crippen molar-refractivity contribution in [1.29, 1.82) is 0 Å². The number of carbonyl (C=O) groups excluding carboxylic acids is 2. The van der Waals surface area contributed by atoms with Gasteiger partial charge < -0.3 is 15.4 Å². The van der Waals surface area contributed by atoms with Gasteiger partial charge in [0.25, 0.3) is 0 Å². The lowest BCUT2D eigenvalue weighted by Gasteiger charge is -2.26. The van der Waals surface area contributed by atoms with Crippen LogP contribution in [0.2, 0.25) is 0 Å². The van der Waals surface area contributed by atoms with Crippen LogP contribution in [0.3, 0.4) is 0 Å². The van der Waals surface area contributed by atoms with Crippen molar-refractivity contribution < 1.29 is 14.3 Å². The van der Waals surface area contributed by atoms with Crippen LogP contribution < -0.4 is 10.6 Å². The smallest absolute Gasteiger partial charge is 0.314 e. The fraction of sp³-hybridized carbons (Fsp3) is 0.450. The second-order valence-electron chi connectivity index (χ2n) is 7.22. The molecule has 27 heavy (non-hydrogen) atoms. The summed E-state index contributed by atoms with van der Waals surface area (Å²) in [6, 6.07) is 7.39. The number of aryl methyl sites for hydroxylation is 1. The van der Waals surface area contributed by atoms with Crippen molar-refractivity contribution >= 4 is 23.2 Å². The Labute approximate surface area is 159 Å². The van der Waals surface area contributed by atoms with Crippen LogP contribution in [0.15, 0.2) is 36.7 Å². The van der Waals surface area contributed by atoms with Crippen LogP contribution in [-0.2, 0) is 28.0 Å². The summed E-state index contributed by atoms with van der Waals surface area (Å²) in [7, 11) is 1.73. The molecule has 0 unspecified atom stereocenters. The molecule has 1 fully saturated rings. The molecule has 1 aromatic carbocycles. The molecule has 0 radical (unpaired) electrons. The Bertz CT molecular complexity index is 802. The molecule has 0 bridgehead atoms. The minimum absolute atomic E-state index is 0.303. The number of anilines is 2. The summed E-state index contributed by atoms with van der Waals surface area (Å²) in [5.41, 5.74) is 2.01. The predicted octanol–water partition coefficient (Wildman–Crippen LogP) is 3.09. The SMILES string of the molecule is C[C@@H]1CCC[C@H](OCc2cccc(NC(=O)C(=O)Nc3cnn(C)c3)c2)C1. The minimum Gasteiger partial charge on any atom is -0.374 e. The lowest BCUT2D eigenvalue weighted by molar-refractivity contribution is -0.133. The Balaban J connectivity index is 1.52. The van der Waals surface area contributed by atoms with E-state index in [9.17, 15) is 9.59 Å². The molecule has 1 aliphatic carbocycles. The Morgan fingerprint density at radius 2 is 2.00 bits per heavy atom. The van der Waals surface area contributed by atoms with Crippen LogP contribution >= 0.6 is 0 Å². The van der Waals surface area contributed by atoms with Gasteiger partial charge in [0, 0.05) is 18.9 Å². The molecule has 0 saturated heterocycles. The van der Waals surface area contributed by atoms with E-state index in [4.69, 9.17) is 4.74 Å². The van der Waals surface area contributed by atoms with Crippen LogP contribution in [0.5, 0.6) is 0 Å². The standard InChI is InChI=1S/C20H26N4O3/c1-14-5-3-8-18(9-14)27-13-15-6-4-7-16(10-15)22-19(25)20(26)23-17-11-21-24(2)12-17/h4,6-7,10-12,14,18H,3,5,8-9,13H2,1-2H3,(H,22,25)(H,23,26)/t14-,18+/m1/s1. The van der Waals surface area contributed by atoms with Crippen LogP contribution in [-0.4, -0.2) is 27.7 Å². The van der Waals surface area contributed by atoms with Crippen molar-refractivity contribution in [3.05, 3.63) is 42.2 Å². The van der Waals surface area contributed by atoms with Gasteiger partial charge in [0.1, 0.15) is 0 Å². The Morgan fingerprint density at radius 3 is 2.70 bits per heavy atom. The number of hydrogen-bond acceptors (Lipinski definition) is 4. The van der Waals surface area contributed by atoms with E-state index in [1.807, 2.05) is 18.2 Å². The summed E-state index contributed by atoms with van der Waals surface area (Å²) in [6.45, 7) is 2.77. The number of carbonyl (C=O) groups is 2. The van der Waals surface area contributed by atoms with Crippen LogP contribution in [0.1, 0.15) is 38.2 Å². The summed E-state index contributed by atoms with van der Waals surface area (Å²) < 4.78 is 7.57. The molecule has 2 amide bonds. The normalized spacial score (nSPS) is 19.5. The van der Waals surface area contributed by atoms with Gasteiger partial charge in [-0.15, -0.1) is 0 Å². The van der Waals surface area contributed by atoms with Gasteiger partial charge in [0.05, 0.1) is 24.6 Å². The van der Waals surface area contributed by atoms with Crippen molar-refractivity contribution in [3.63, 3.8) is 0 Å². The molecule has 2 aromatic rings. The van der Waals surface area contributed by atoms with Gasteiger partial charge in [-0.25, -0.2) is 0 Å². The van der Waals surface area contributed by atoms with Crippen molar-refractivity contribution in [3.8, 4) is 0 Å². The molecular weight excluding hydrogens is 344 g/mol. The summed E-state index contributed by atoms with van der Waals surface area (Å²) in [5.74, 6) is -0.744. The molecule has 0 spiro atoms. The summed E-state index contributed by atoms with van der Waals surface area (Å²) in [5, 5.41) is 9.08. The number of rotatable bonds is 5. The van der Waals surface area contributed by atoms with Gasteiger partial charge in [-0.05, 0) is 36.5 Å². The number of aromatic nitrogens is 2. The summed E-state index contributed by atoms with van der Waals surface area (Å²) >= 11 is 0. The molecule has 144 valence electrons. The molecule has 2 atom stereocenters. The second-order valence-corrected chi connectivity index (χ2v) is 7.22. The summed E-state index contributed by atoms with van der Waals surface area (Å²) in [6.07, 6.45) is 8.11. The second kappa shape index (κ2) is 8.81.